The lowest BCUT2D eigenvalue weighted by Crippen LogP contribution is -2.45. The van der Waals surface area contributed by atoms with Gasteiger partial charge in [-0.05, 0) is 38.1 Å². The summed E-state index contributed by atoms with van der Waals surface area (Å²) in [6.45, 7) is 3.79. The third kappa shape index (κ3) is 4.44. The van der Waals surface area contributed by atoms with E-state index in [9.17, 15) is 14.7 Å². The van der Waals surface area contributed by atoms with Gasteiger partial charge in [0.05, 0.1) is 5.60 Å². The molecule has 1 aromatic rings. The van der Waals surface area contributed by atoms with Gasteiger partial charge in [-0.3, -0.25) is 4.79 Å². The summed E-state index contributed by atoms with van der Waals surface area (Å²) in [4.78, 5) is 23.6. The molecule has 1 atom stereocenters. The molecule has 2 rings (SSSR count). The number of β-amino-alcohol motifs (C(OH)–C–C–N with tert-alkyl or cyclic N) is 1. The zero-order chi connectivity index (χ0) is 16.0. The Labute approximate surface area is 129 Å². The number of aliphatic hydroxyl groups is 1. The molecule has 0 bridgehead atoms. The molecule has 3 amide bonds. The van der Waals surface area contributed by atoms with Crippen LogP contribution in [0.5, 0.6) is 0 Å². The summed E-state index contributed by atoms with van der Waals surface area (Å²) in [6.07, 6.45) is 0.611. The van der Waals surface area contributed by atoms with Crippen molar-refractivity contribution in [2.24, 2.45) is 0 Å². The van der Waals surface area contributed by atoms with Crippen molar-refractivity contribution in [2.45, 2.75) is 18.9 Å². The summed E-state index contributed by atoms with van der Waals surface area (Å²) in [7, 11) is 0. The van der Waals surface area contributed by atoms with E-state index in [1.807, 2.05) is 6.92 Å². The summed E-state index contributed by atoms with van der Waals surface area (Å²) in [5.41, 5.74) is 0.122. The van der Waals surface area contributed by atoms with Gasteiger partial charge in [0.2, 0.25) is 0 Å². The Hall–Kier alpha value is -2.12. The molecule has 7 nitrogen and oxygen atoms in total. The number of benzene rings is 1. The molecule has 1 fully saturated rings. The van der Waals surface area contributed by atoms with E-state index in [4.69, 9.17) is 0 Å². The molecule has 120 valence electrons. The molecule has 0 aromatic heterocycles. The first-order valence-electron chi connectivity index (χ1n) is 7.39. The highest BCUT2D eigenvalue weighted by atomic mass is 16.3. The van der Waals surface area contributed by atoms with E-state index in [1.165, 1.54) is 0 Å². The first-order chi connectivity index (χ1) is 10.5. The van der Waals surface area contributed by atoms with E-state index >= 15 is 0 Å². The monoisotopic (exact) mass is 306 g/mol. The van der Waals surface area contributed by atoms with Gasteiger partial charge < -0.3 is 26.4 Å². The van der Waals surface area contributed by atoms with Gasteiger partial charge in [-0.2, -0.15) is 0 Å². The number of amides is 3. The van der Waals surface area contributed by atoms with Gasteiger partial charge in [-0.15, -0.1) is 0 Å². The van der Waals surface area contributed by atoms with Crippen LogP contribution in [0.3, 0.4) is 0 Å². The van der Waals surface area contributed by atoms with Gasteiger partial charge in [-0.1, -0.05) is 6.07 Å². The lowest BCUT2D eigenvalue weighted by molar-refractivity contribution is 0.0640. The maximum Gasteiger partial charge on any atom is 0.319 e. The quantitative estimate of drug-likeness (QED) is 0.539. The van der Waals surface area contributed by atoms with Crippen molar-refractivity contribution in [1.82, 2.24) is 16.0 Å². The van der Waals surface area contributed by atoms with E-state index in [-0.39, 0.29) is 12.5 Å². The number of anilines is 1. The molecule has 1 aliphatic rings. The highest BCUT2D eigenvalue weighted by molar-refractivity contribution is 5.96. The average Bonchev–Trinajstić information content (AvgIpc) is 2.93. The second kappa shape index (κ2) is 7.24. The fourth-order valence-corrected chi connectivity index (χ4v) is 2.30. The number of carbonyl (C=O) groups excluding carboxylic acids is 2. The van der Waals surface area contributed by atoms with Gasteiger partial charge >= 0.3 is 6.03 Å². The number of rotatable bonds is 5. The third-order valence-corrected chi connectivity index (χ3v) is 3.52. The minimum absolute atomic E-state index is 0.182. The van der Waals surface area contributed by atoms with Crippen molar-refractivity contribution >= 4 is 17.6 Å². The topological polar surface area (TPSA) is 102 Å². The maximum atomic E-state index is 11.9. The number of hydrogen-bond donors (Lipinski definition) is 5. The van der Waals surface area contributed by atoms with Crippen LogP contribution in [0, 0.1) is 0 Å². The largest absolute Gasteiger partial charge is 0.387 e. The zero-order valence-electron chi connectivity index (χ0n) is 12.6. The fraction of sp³-hybridized carbons (Fsp3) is 0.467. The molecule has 1 aromatic carbocycles. The van der Waals surface area contributed by atoms with Crippen LogP contribution in [0.15, 0.2) is 24.3 Å². The van der Waals surface area contributed by atoms with Gasteiger partial charge in [0, 0.05) is 30.9 Å². The number of hydrogen-bond acceptors (Lipinski definition) is 4. The Balaban J connectivity index is 1.88. The summed E-state index contributed by atoms with van der Waals surface area (Å²) >= 11 is 0. The molecule has 22 heavy (non-hydrogen) atoms. The summed E-state index contributed by atoms with van der Waals surface area (Å²) in [6, 6.07) is 6.29. The van der Waals surface area contributed by atoms with E-state index in [0.29, 0.717) is 30.8 Å². The molecule has 1 aliphatic heterocycles. The molecule has 0 aliphatic carbocycles. The van der Waals surface area contributed by atoms with E-state index < -0.39 is 11.6 Å². The molecule has 1 saturated heterocycles. The van der Waals surface area contributed by atoms with Gasteiger partial charge in [0.15, 0.2) is 0 Å². The van der Waals surface area contributed by atoms with Crippen molar-refractivity contribution in [3.63, 3.8) is 0 Å². The lowest BCUT2D eigenvalue weighted by Gasteiger charge is -2.21. The van der Waals surface area contributed by atoms with Gasteiger partial charge in [0.1, 0.15) is 0 Å². The van der Waals surface area contributed by atoms with E-state index in [2.05, 4.69) is 21.3 Å². The van der Waals surface area contributed by atoms with Crippen LogP contribution < -0.4 is 21.3 Å². The SMILES string of the molecule is CCNC(=O)c1cccc(NC(=O)NC[C@]2(O)CCNC2)c1. The molecule has 0 radical (unpaired) electrons. The van der Waals surface area contributed by atoms with Crippen LogP contribution >= 0.6 is 0 Å². The van der Waals surface area contributed by atoms with Crippen LogP contribution in [0.4, 0.5) is 10.5 Å². The highest BCUT2D eigenvalue weighted by Crippen LogP contribution is 2.13. The molecule has 0 unspecified atom stereocenters. The number of carbonyl (C=O) groups is 2. The number of nitrogens with one attached hydrogen (secondary N) is 4. The molecule has 7 heteroatoms. The second-order valence-electron chi connectivity index (χ2n) is 5.40. The summed E-state index contributed by atoms with van der Waals surface area (Å²) in [5, 5.41) is 21.2. The van der Waals surface area contributed by atoms with Crippen molar-refractivity contribution in [3.05, 3.63) is 29.8 Å². The van der Waals surface area contributed by atoms with Crippen molar-refractivity contribution in [1.29, 1.82) is 0 Å². The molecule has 0 saturated carbocycles. The molecule has 5 N–H and O–H groups in total. The lowest BCUT2D eigenvalue weighted by atomic mass is 10.0. The predicted molar refractivity (Wildman–Crippen MR) is 83.9 cm³/mol. The van der Waals surface area contributed by atoms with Gasteiger partial charge in [-0.25, -0.2) is 4.79 Å². The van der Waals surface area contributed by atoms with Crippen molar-refractivity contribution in [2.75, 3.05) is 31.5 Å². The summed E-state index contributed by atoms with van der Waals surface area (Å²) < 4.78 is 0. The van der Waals surface area contributed by atoms with Crippen LogP contribution in [0.25, 0.3) is 0 Å². The molecule has 0 spiro atoms. The first kappa shape index (κ1) is 16.3. The molecular weight excluding hydrogens is 284 g/mol. The van der Waals surface area contributed by atoms with E-state index in [1.54, 1.807) is 24.3 Å². The smallest absolute Gasteiger partial charge is 0.319 e. The maximum absolute atomic E-state index is 11.9. The Bertz CT molecular complexity index is 541. The molecule has 1 heterocycles. The van der Waals surface area contributed by atoms with Crippen LogP contribution in [-0.4, -0.2) is 48.8 Å². The summed E-state index contributed by atoms with van der Waals surface area (Å²) in [5.74, 6) is -0.183. The Morgan fingerprint density at radius 3 is 2.86 bits per heavy atom. The Morgan fingerprint density at radius 2 is 2.18 bits per heavy atom. The fourth-order valence-electron chi connectivity index (χ4n) is 2.30. The Kier molecular flexibility index (Phi) is 5.35. The normalized spacial score (nSPS) is 20.5. The average molecular weight is 306 g/mol. The van der Waals surface area contributed by atoms with Crippen LogP contribution in [-0.2, 0) is 0 Å². The minimum atomic E-state index is -0.889. The third-order valence-electron chi connectivity index (χ3n) is 3.52. The zero-order valence-corrected chi connectivity index (χ0v) is 12.6. The second-order valence-corrected chi connectivity index (χ2v) is 5.40. The van der Waals surface area contributed by atoms with Gasteiger partial charge in [0.25, 0.3) is 5.91 Å². The highest BCUT2D eigenvalue weighted by Gasteiger charge is 2.31. The van der Waals surface area contributed by atoms with Crippen molar-refractivity contribution < 1.29 is 14.7 Å². The number of urea groups is 1. The molecular formula is C15H22N4O3. The standard InChI is InChI=1S/C15H22N4O3/c1-2-17-13(20)11-4-3-5-12(8-11)19-14(21)18-10-15(22)6-7-16-9-15/h3-5,8,16,22H,2,6-7,9-10H2,1H3,(H,17,20)(H2,18,19,21)/t15-/m0/s1. The van der Waals surface area contributed by atoms with E-state index in [0.717, 1.165) is 6.54 Å². The van der Waals surface area contributed by atoms with Crippen molar-refractivity contribution in [3.8, 4) is 0 Å². The van der Waals surface area contributed by atoms with Crippen LogP contribution in [0.2, 0.25) is 0 Å². The van der Waals surface area contributed by atoms with Crippen LogP contribution in [0.1, 0.15) is 23.7 Å². The predicted octanol–water partition coefficient (Wildman–Crippen LogP) is 0.282. The Morgan fingerprint density at radius 1 is 1.36 bits per heavy atom. The first-order valence-corrected chi connectivity index (χ1v) is 7.39. The minimum Gasteiger partial charge on any atom is -0.387 e.